The third-order valence-corrected chi connectivity index (χ3v) is 5.69. The number of fused-ring (bicyclic) bond motifs is 2. The summed E-state index contributed by atoms with van der Waals surface area (Å²) < 4.78 is 5.73. The van der Waals surface area contributed by atoms with Crippen LogP contribution in [0.1, 0.15) is 41.8 Å². The lowest BCUT2D eigenvalue weighted by Gasteiger charge is -2.22. The van der Waals surface area contributed by atoms with Crippen LogP contribution in [0.2, 0.25) is 0 Å². The summed E-state index contributed by atoms with van der Waals surface area (Å²) in [7, 11) is 0. The van der Waals surface area contributed by atoms with Crippen molar-refractivity contribution in [2.45, 2.75) is 25.9 Å². The third-order valence-electron chi connectivity index (χ3n) is 5.69. The Morgan fingerprint density at radius 2 is 1.79 bits per heavy atom. The second-order valence-electron chi connectivity index (χ2n) is 7.74. The number of ether oxygens (including phenoxy) is 1. The minimum atomic E-state index is -1.05. The van der Waals surface area contributed by atoms with E-state index >= 15 is 0 Å². The quantitative estimate of drug-likeness (QED) is 0.454. The zero-order valence-electron chi connectivity index (χ0n) is 16.2. The molecule has 1 saturated carbocycles. The molecule has 4 atom stereocenters. The Hall–Kier alpha value is -3.21. The third kappa shape index (κ3) is 4.14. The molecule has 0 aromatic heterocycles. The topological polar surface area (TPSA) is 72.5 Å². The molecule has 29 heavy (non-hydrogen) atoms. The molecule has 148 valence electrons. The van der Waals surface area contributed by atoms with Gasteiger partial charge in [-0.2, -0.15) is 0 Å². The van der Waals surface area contributed by atoms with E-state index in [-0.39, 0.29) is 23.6 Å². The van der Waals surface area contributed by atoms with Gasteiger partial charge in [0.1, 0.15) is 0 Å². The highest BCUT2D eigenvalue weighted by Gasteiger charge is 2.42. The molecular formula is C24H23NO4. The maximum absolute atomic E-state index is 13.0. The molecular weight excluding hydrogens is 366 g/mol. The van der Waals surface area contributed by atoms with Crippen molar-refractivity contribution >= 4 is 23.3 Å². The maximum atomic E-state index is 13.0. The maximum Gasteiger partial charge on any atom is 0.310 e. The van der Waals surface area contributed by atoms with E-state index in [1.54, 1.807) is 48.5 Å². The fourth-order valence-electron chi connectivity index (χ4n) is 4.18. The Labute approximate surface area is 169 Å². The molecule has 2 bridgehead atoms. The van der Waals surface area contributed by atoms with E-state index in [4.69, 9.17) is 4.74 Å². The van der Waals surface area contributed by atoms with Gasteiger partial charge in [-0.25, -0.2) is 0 Å². The first kappa shape index (κ1) is 19.1. The van der Waals surface area contributed by atoms with Gasteiger partial charge in [0, 0.05) is 16.8 Å². The standard InChI is InChI=1S/C24H23NO4/c1-15(26)18-8-5-9-20(14-18)25-23(27)22(17-6-3-2-4-7-17)29-24(28)21-13-16-10-11-19(21)12-16/h2-11,14,16,19,21-22H,12-13H2,1H3,(H,25,27)/t16-,19-,21+,22-/m0/s1. The number of amides is 1. The summed E-state index contributed by atoms with van der Waals surface area (Å²) in [5, 5.41) is 2.78. The van der Waals surface area contributed by atoms with Crippen molar-refractivity contribution in [2.75, 3.05) is 5.32 Å². The molecule has 2 aromatic rings. The normalized spacial score (nSPS) is 22.9. The molecule has 0 saturated heterocycles. The fraction of sp³-hybridized carbons (Fsp3) is 0.292. The molecule has 0 unspecified atom stereocenters. The van der Waals surface area contributed by atoms with Gasteiger partial charge in [-0.15, -0.1) is 0 Å². The number of nitrogens with one attached hydrogen (secondary N) is 1. The van der Waals surface area contributed by atoms with E-state index < -0.39 is 12.0 Å². The van der Waals surface area contributed by atoms with Gasteiger partial charge in [-0.1, -0.05) is 54.6 Å². The molecule has 5 nitrogen and oxygen atoms in total. The van der Waals surface area contributed by atoms with Gasteiger partial charge in [0.2, 0.25) is 6.10 Å². The molecule has 0 spiro atoms. The molecule has 2 aromatic carbocycles. The predicted octanol–water partition coefficient (Wildman–Crippen LogP) is 4.32. The summed E-state index contributed by atoms with van der Waals surface area (Å²) >= 11 is 0. The average Bonchev–Trinajstić information content (AvgIpc) is 3.36. The molecule has 5 heteroatoms. The number of hydrogen-bond acceptors (Lipinski definition) is 4. The first-order valence-electron chi connectivity index (χ1n) is 9.87. The molecule has 0 aliphatic heterocycles. The Bertz CT molecular complexity index is 966. The van der Waals surface area contributed by atoms with Crippen LogP contribution in [-0.4, -0.2) is 17.7 Å². The molecule has 0 radical (unpaired) electrons. The van der Waals surface area contributed by atoms with E-state index in [1.807, 2.05) is 6.07 Å². The van der Waals surface area contributed by atoms with E-state index in [0.717, 1.165) is 12.8 Å². The first-order chi connectivity index (χ1) is 14.0. The number of esters is 1. The van der Waals surface area contributed by atoms with Crippen molar-refractivity contribution in [3.8, 4) is 0 Å². The van der Waals surface area contributed by atoms with Crippen LogP contribution < -0.4 is 5.32 Å². The van der Waals surface area contributed by atoms with Crippen molar-refractivity contribution in [3.05, 3.63) is 77.9 Å². The number of hydrogen-bond donors (Lipinski definition) is 1. The van der Waals surface area contributed by atoms with Crippen molar-refractivity contribution in [2.24, 2.45) is 17.8 Å². The minimum Gasteiger partial charge on any atom is -0.447 e. The molecule has 1 N–H and O–H groups in total. The molecule has 4 rings (SSSR count). The Balaban J connectivity index is 1.53. The predicted molar refractivity (Wildman–Crippen MR) is 109 cm³/mol. The number of anilines is 1. The van der Waals surface area contributed by atoms with Crippen molar-refractivity contribution < 1.29 is 19.1 Å². The Morgan fingerprint density at radius 1 is 1.00 bits per heavy atom. The number of benzene rings is 2. The highest BCUT2D eigenvalue weighted by atomic mass is 16.5. The lowest BCUT2D eigenvalue weighted by Crippen LogP contribution is -2.30. The van der Waals surface area contributed by atoms with E-state index in [1.165, 1.54) is 6.92 Å². The number of Topliss-reactive ketones (excluding diaryl/α,β-unsaturated/α-hetero) is 1. The minimum absolute atomic E-state index is 0.0866. The molecule has 0 heterocycles. The zero-order chi connectivity index (χ0) is 20.4. The SMILES string of the molecule is CC(=O)c1cccc(NC(=O)[C@@H](OC(=O)[C@@H]2C[C@H]3C=C[C@H]2C3)c2ccccc2)c1. The molecule has 2 aliphatic rings. The van der Waals surface area contributed by atoms with Crippen LogP contribution in [0.5, 0.6) is 0 Å². The van der Waals surface area contributed by atoms with Gasteiger partial charge in [0.25, 0.3) is 5.91 Å². The summed E-state index contributed by atoms with van der Waals surface area (Å²) in [5.74, 6) is -0.399. The van der Waals surface area contributed by atoms with Crippen LogP contribution in [0.3, 0.4) is 0 Å². The lowest BCUT2D eigenvalue weighted by atomic mass is 9.93. The number of allylic oxidation sites excluding steroid dienone is 2. The van der Waals surface area contributed by atoms with Crippen LogP contribution in [0.25, 0.3) is 0 Å². The van der Waals surface area contributed by atoms with Crippen LogP contribution in [0.15, 0.2) is 66.7 Å². The molecule has 2 aliphatic carbocycles. The number of carbonyl (C=O) groups excluding carboxylic acids is 3. The Morgan fingerprint density at radius 3 is 2.45 bits per heavy atom. The summed E-state index contributed by atoms with van der Waals surface area (Å²) in [4.78, 5) is 37.5. The summed E-state index contributed by atoms with van der Waals surface area (Å²) in [6.07, 6.45) is 4.97. The van der Waals surface area contributed by atoms with Crippen LogP contribution in [-0.2, 0) is 14.3 Å². The average molecular weight is 389 g/mol. The van der Waals surface area contributed by atoms with Gasteiger partial charge in [0.05, 0.1) is 5.92 Å². The molecule has 1 amide bonds. The lowest BCUT2D eigenvalue weighted by molar-refractivity contribution is -0.159. The fourth-order valence-corrected chi connectivity index (χ4v) is 4.18. The van der Waals surface area contributed by atoms with Crippen molar-refractivity contribution in [1.82, 2.24) is 0 Å². The van der Waals surface area contributed by atoms with E-state index in [0.29, 0.717) is 22.7 Å². The van der Waals surface area contributed by atoms with Gasteiger partial charge in [-0.3, -0.25) is 14.4 Å². The summed E-state index contributed by atoms with van der Waals surface area (Å²) in [6, 6.07) is 15.7. The summed E-state index contributed by atoms with van der Waals surface area (Å²) in [6.45, 7) is 1.47. The second-order valence-corrected chi connectivity index (χ2v) is 7.74. The largest absolute Gasteiger partial charge is 0.447 e. The van der Waals surface area contributed by atoms with Gasteiger partial charge >= 0.3 is 5.97 Å². The first-order valence-corrected chi connectivity index (χ1v) is 9.87. The highest BCUT2D eigenvalue weighted by molar-refractivity contribution is 5.99. The number of rotatable bonds is 6. The second kappa shape index (κ2) is 8.03. The van der Waals surface area contributed by atoms with Crippen molar-refractivity contribution in [1.29, 1.82) is 0 Å². The van der Waals surface area contributed by atoms with E-state index in [9.17, 15) is 14.4 Å². The van der Waals surface area contributed by atoms with Gasteiger partial charge in [0.15, 0.2) is 5.78 Å². The monoisotopic (exact) mass is 389 g/mol. The van der Waals surface area contributed by atoms with Crippen LogP contribution >= 0.6 is 0 Å². The van der Waals surface area contributed by atoms with Crippen LogP contribution in [0, 0.1) is 17.8 Å². The summed E-state index contributed by atoms with van der Waals surface area (Å²) in [5.41, 5.74) is 1.60. The van der Waals surface area contributed by atoms with Crippen LogP contribution in [0.4, 0.5) is 5.69 Å². The smallest absolute Gasteiger partial charge is 0.310 e. The van der Waals surface area contributed by atoms with Gasteiger partial charge in [-0.05, 0) is 43.7 Å². The zero-order valence-corrected chi connectivity index (χ0v) is 16.2. The number of carbonyl (C=O) groups is 3. The van der Waals surface area contributed by atoms with E-state index in [2.05, 4.69) is 17.5 Å². The Kier molecular flexibility index (Phi) is 5.30. The molecule has 1 fully saturated rings. The van der Waals surface area contributed by atoms with Gasteiger partial charge < -0.3 is 10.1 Å². The number of ketones is 1. The highest BCUT2D eigenvalue weighted by Crippen LogP contribution is 2.44. The van der Waals surface area contributed by atoms with Crippen molar-refractivity contribution in [3.63, 3.8) is 0 Å².